The van der Waals surface area contributed by atoms with E-state index >= 15 is 0 Å². The zero-order valence-electron chi connectivity index (χ0n) is 13.2. The molecule has 0 amide bonds. The molecule has 4 heteroatoms. The van der Waals surface area contributed by atoms with Gasteiger partial charge in [-0.1, -0.05) is 30.3 Å². The molecule has 0 radical (unpaired) electrons. The summed E-state index contributed by atoms with van der Waals surface area (Å²) < 4.78 is 5.97. The monoisotopic (exact) mass is 289 g/mol. The Morgan fingerprint density at radius 3 is 2.81 bits per heavy atom. The normalized spacial score (nSPS) is 32.2. The molecular formula is C17H27N3O. The van der Waals surface area contributed by atoms with E-state index in [2.05, 4.69) is 59.4 Å². The van der Waals surface area contributed by atoms with Gasteiger partial charge in [0.1, 0.15) is 0 Å². The summed E-state index contributed by atoms with van der Waals surface area (Å²) in [6.07, 6.45) is 0.334. The van der Waals surface area contributed by atoms with E-state index in [1.165, 1.54) is 5.56 Å². The number of nitrogens with zero attached hydrogens (tertiary/aromatic N) is 2. The molecule has 0 aliphatic carbocycles. The third kappa shape index (κ3) is 3.83. The molecule has 21 heavy (non-hydrogen) atoms. The highest BCUT2D eigenvalue weighted by Gasteiger charge is 2.30. The number of piperazine rings is 1. The fraction of sp³-hybridized carbons (Fsp3) is 0.647. The number of nitrogens with one attached hydrogen (secondary N) is 1. The SMILES string of the molecule is CC1CN(CC2CN(C)CCO2)C(c2ccccc2)CN1. The Morgan fingerprint density at radius 1 is 1.24 bits per heavy atom. The fourth-order valence-corrected chi connectivity index (χ4v) is 3.43. The van der Waals surface area contributed by atoms with E-state index < -0.39 is 0 Å². The minimum Gasteiger partial charge on any atom is -0.374 e. The van der Waals surface area contributed by atoms with Crippen molar-refractivity contribution in [2.24, 2.45) is 0 Å². The number of hydrogen-bond donors (Lipinski definition) is 1. The van der Waals surface area contributed by atoms with E-state index in [4.69, 9.17) is 4.74 Å². The van der Waals surface area contributed by atoms with Crippen LogP contribution in [0.2, 0.25) is 0 Å². The first-order valence-electron chi connectivity index (χ1n) is 8.05. The van der Waals surface area contributed by atoms with Crippen LogP contribution in [0.4, 0.5) is 0 Å². The van der Waals surface area contributed by atoms with Crippen molar-refractivity contribution in [3.05, 3.63) is 35.9 Å². The second kappa shape index (κ2) is 6.88. The van der Waals surface area contributed by atoms with Gasteiger partial charge in [0.15, 0.2) is 0 Å². The van der Waals surface area contributed by atoms with E-state index in [-0.39, 0.29) is 0 Å². The van der Waals surface area contributed by atoms with Crippen molar-refractivity contribution in [2.75, 3.05) is 46.4 Å². The summed E-state index contributed by atoms with van der Waals surface area (Å²) in [5.74, 6) is 0. The summed E-state index contributed by atoms with van der Waals surface area (Å²) in [5, 5.41) is 3.61. The highest BCUT2D eigenvalue weighted by molar-refractivity contribution is 5.20. The van der Waals surface area contributed by atoms with Gasteiger partial charge in [0.05, 0.1) is 12.7 Å². The number of benzene rings is 1. The highest BCUT2D eigenvalue weighted by atomic mass is 16.5. The van der Waals surface area contributed by atoms with Crippen LogP contribution in [0.25, 0.3) is 0 Å². The summed E-state index contributed by atoms with van der Waals surface area (Å²) in [4.78, 5) is 4.97. The second-order valence-electron chi connectivity index (χ2n) is 6.44. The molecule has 0 bridgehead atoms. The van der Waals surface area contributed by atoms with E-state index in [9.17, 15) is 0 Å². The molecular weight excluding hydrogens is 262 g/mol. The lowest BCUT2D eigenvalue weighted by Crippen LogP contribution is -2.55. The molecule has 116 valence electrons. The van der Waals surface area contributed by atoms with Crippen LogP contribution in [0, 0.1) is 0 Å². The molecule has 1 N–H and O–H groups in total. The Kier molecular flexibility index (Phi) is 4.91. The van der Waals surface area contributed by atoms with Crippen LogP contribution in [0.5, 0.6) is 0 Å². The minimum atomic E-state index is 0.334. The fourth-order valence-electron chi connectivity index (χ4n) is 3.43. The van der Waals surface area contributed by atoms with Gasteiger partial charge in [-0.15, -0.1) is 0 Å². The summed E-state index contributed by atoms with van der Waals surface area (Å²) in [5.41, 5.74) is 1.40. The Morgan fingerprint density at radius 2 is 2.05 bits per heavy atom. The maximum Gasteiger partial charge on any atom is 0.0829 e. The Bertz CT molecular complexity index is 439. The van der Waals surface area contributed by atoms with Gasteiger partial charge in [-0.3, -0.25) is 4.90 Å². The maximum atomic E-state index is 5.97. The zero-order valence-corrected chi connectivity index (χ0v) is 13.2. The number of hydrogen-bond acceptors (Lipinski definition) is 4. The lowest BCUT2D eigenvalue weighted by molar-refractivity contribution is -0.0463. The Hall–Kier alpha value is -0.940. The molecule has 0 saturated carbocycles. The minimum absolute atomic E-state index is 0.334. The molecule has 2 aliphatic rings. The van der Waals surface area contributed by atoms with Crippen LogP contribution in [0.1, 0.15) is 18.5 Å². The van der Waals surface area contributed by atoms with E-state index in [1.807, 2.05) is 0 Å². The summed E-state index contributed by atoms with van der Waals surface area (Å²) in [7, 11) is 2.19. The smallest absolute Gasteiger partial charge is 0.0829 e. The van der Waals surface area contributed by atoms with E-state index in [0.717, 1.165) is 39.3 Å². The predicted octanol–water partition coefficient (Wildman–Crippen LogP) is 1.35. The standard InChI is InChI=1S/C17H27N3O/c1-14-11-20(13-16-12-19(2)8-9-21-16)17(10-18-14)15-6-4-3-5-7-15/h3-7,14,16-18H,8-13H2,1-2H3. The average molecular weight is 289 g/mol. The first kappa shape index (κ1) is 15.0. The van der Waals surface area contributed by atoms with Gasteiger partial charge >= 0.3 is 0 Å². The van der Waals surface area contributed by atoms with Crippen LogP contribution in [-0.2, 0) is 4.74 Å². The Labute approximate surface area is 128 Å². The molecule has 1 aromatic rings. The second-order valence-corrected chi connectivity index (χ2v) is 6.44. The molecule has 3 unspecified atom stereocenters. The summed E-state index contributed by atoms with van der Waals surface area (Å²) in [6, 6.07) is 11.8. The van der Waals surface area contributed by atoms with Gasteiger partial charge in [0.2, 0.25) is 0 Å². The van der Waals surface area contributed by atoms with Crippen molar-refractivity contribution in [1.82, 2.24) is 15.1 Å². The Balaban J connectivity index is 1.69. The lowest BCUT2D eigenvalue weighted by atomic mass is 10.0. The molecule has 2 heterocycles. The molecule has 2 aliphatic heterocycles. The topological polar surface area (TPSA) is 27.7 Å². The predicted molar refractivity (Wildman–Crippen MR) is 85.5 cm³/mol. The molecule has 2 saturated heterocycles. The third-order valence-electron chi connectivity index (χ3n) is 4.57. The highest BCUT2D eigenvalue weighted by Crippen LogP contribution is 2.24. The molecule has 2 fully saturated rings. The van der Waals surface area contributed by atoms with Crippen LogP contribution in [0.15, 0.2) is 30.3 Å². The first-order valence-corrected chi connectivity index (χ1v) is 8.05. The van der Waals surface area contributed by atoms with Crippen LogP contribution in [-0.4, -0.2) is 68.3 Å². The van der Waals surface area contributed by atoms with Gasteiger partial charge in [-0.2, -0.15) is 0 Å². The quantitative estimate of drug-likeness (QED) is 0.909. The van der Waals surface area contributed by atoms with Crippen molar-refractivity contribution in [3.63, 3.8) is 0 Å². The van der Waals surface area contributed by atoms with E-state index in [1.54, 1.807) is 0 Å². The number of likely N-dealkylation sites (N-methyl/N-ethyl adjacent to an activating group) is 1. The van der Waals surface area contributed by atoms with Gasteiger partial charge in [0, 0.05) is 44.8 Å². The van der Waals surface area contributed by atoms with Gasteiger partial charge in [-0.05, 0) is 19.5 Å². The van der Waals surface area contributed by atoms with Crippen molar-refractivity contribution < 1.29 is 4.74 Å². The van der Waals surface area contributed by atoms with E-state index in [0.29, 0.717) is 18.2 Å². The number of morpholine rings is 1. The van der Waals surface area contributed by atoms with Crippen LogP contribution >= 0.6 is 0 Å². The van der Waals surface area contributed by atoms with Crippen molar-refractivity contribution in [2.45, 2.75) is 25.1 Å². The van der Waals surface area contributed by atoms with Crippen LogP contribution < -0.4 is 5.32 Å². The molecule has 1 aromatic carbocycles. The number of rotatable bonds is 3. The third-order valence-corrected chi connectivity index (χ3v) is 4.57. The largest absolute Gasteiger partial charge is 0.374 e. The van der Waals surface area contributed by atoms with Gasteiger partial charge in [-0.25, -0.2) is 0 Å². The summed E-state index contributed by atoms with van der Waals surface area (Å²) >= 11 is 0. The molecule has 4 nitrogen and oxygen atoms in total. The maximum absolute atomic E-state index is 5.97. The van der Waals surface area contributed by atoms with Crippen molar-refractivity contribution in [1.29, 1.82) is 0 Å². The van der Waals surface area contributed by atoms with Crippen molar-refractivity contribution >= 4 is 0 Å². The molecule has 0 spiro atoms. The van der Waals surface area contributed by atoms with Crippen molar-refractivity contribution in [3.8, 4) is 0 Å². The average Bonchev–Trinajstić information content (AvgIpc) is 2.48. The lowest BCUT2D eigenvalue weighted by Gasteiger charge is -2.42. The molecule has 0 aromatic heterocycles. The first-order chi connectivity index (χ1) is 10.2. The van der Waals surface area contributed by atoms with Crippen LogP contribution in [0.3, 0.4) is 0 Å². The molecule has 3 atom stereocenters. The number of ether oxygens (including phenoxy) is 1. The van der Waals surface area contributed by atoms with Gasteiger partial charge < -0.3 is 15.0 Å². The molecule has 3 rings (SSSR count). The van der Waals surface area contributed by atoms with Gasteiger partial charge in [0.25, 0.3) is 0 Å². The summed E-state index contributed by atoms with van der Waals surface area (Å²) in [6.45, 7) is 8.35. The zero-order chi connectivity index (χ0) is 14.7.